The molecule has 0 aliphatic rings. The van der Waals surface area contributed by atoms with Crippen LogP contribution in [0.15, 0.2) is 54.6 Å². The molecule has 3 rings (SSSR count). The topological polar surface area (TPSA) is 8.81 Å². The Morgan fingerprint density at radius 2 is 1.60 bits per heavy atom. The van der Waals surface area contributed by atoms with Gasteiger partial charge in [-0.1, -0.05) is 42.5 Å². The molecule has 0 saturated heterocycles. The van der Waals surface area contributed by atoms with Crippen LogP contribution in [0.1, 0.15) is 31.3 Å². The number of aromatic nitrogens is 2. The fraction of sp³-hybridized carbons (Fsp3) is 0.278. The van der Waals surface area contributed by atoms with Gasteiger partial charge >= 0.3 is 0 Å². The highest BCUT2D eigenvalue weighted by Gasteiger charge is 2.22. The minimum atomic E-state index is 0.469. The third kappa shape index (κ3) is 2.11. The van der Waals surface area contributed by atoms with E-state index in [2.05, 4.69) is 84.5 Å². The van der Waals surface area contributed by atoms with Gasteiger partial charge in [0.2, 0.25) is 0 Å². The summed E-state index contributed by atoms with van der Waals surface area (Å²) >= 11 is 0. The van der Waals surface area contributed by atoms with Crippen molar-refractivity contribution in [2.45, 2.75) is 33.4 Å². The summed E-state index contributed by atoms with van der Waals surface area (Å²) in [5, 5.41) is 0. The lowest BCUT2D eigenvalue weighted by atomic mass is 10.2. The molecule has 20 heavy (non-hydrogen) atoms. The molecular formula is C18H21N2+. The fourth-order valence-electron chi connectivity index (χ4n) is 2.99. The van der Waals surface area contributed by atoms with Gasteiger partial charge in [0, 0.05) is 6.92 Å². The smallest absolute Gasteiger partial charge is 0.225 e. The Morgan fingerprint density at radius 1 is 0.950 bits per heavy atom. The van der Waals surface area contributed by atoms with Gasteiger partial charge in [-0.3, -0.25) is 0 Å². The molecule has 0 fully saturated rings. The monoisotopic (exact) mass is 265 g/mol. The Bertz CT molecular complexity index is 724. The van der Waals surface area contributed by atoms with E-state index in [-0.39, 0.29) is 0 Å². The zero-order chi connectivity index (χ0) is 14.1. The molecular weight excluding hydrogens is 244 g/mol. The van der Waals surface area contributed by atoms with Crippen LogP contribution in [0.2, 0.25) is 0 Å². The highest BCUT2D eigenvalue weighted by Crippen LogP contribution is 2.19. The molecule has 2 nitrogen and oxygen atoms in total. The van der Waals surface area contributed by atoms with Crippen LogP contribution in [0.3, 0.4) is 0 Å². The molecule has 3 aromatic rings. The summed E-state index contributed by atoms with van der Waals surface area (Å²) in [6, 6.07) is 19.8. The number of nitrogens with zero attached hydrogens (tertiary/aromatic N) is 2. The Hall–Kier alpha value is -2.09. The standard InChI is InChI=1S/C18H21N2/c1-14(2)20-15(3)19(13-16-9-5-4-6-10-16)17-11-7-8-12-18(17)20/h4-12,14H,13H2,1-3H3/q+1. The van der Waals surface area contributed by atoms with Crippen LogP contribution in [0.4, 0.5) is 0 Å². The molecule has 0 spiro atoms. The highest BCUT2D eigenvalue weighted by atomic mass is 15.2. The predicted molar refractivity (Wildman–Crippen MR) is 82.8 cm³/mol. The van der Waals surface area contributed by atoms with Crippen LogP contribution in [-0.2, 0) is 6.54 Å². The normalized spacial score (nSPS) is 11.4. The van der Waals surface area contributed by atoms with E-state index >= 15 is 0 Å². The van der Waals surface area contributed by atoms with Gasteiger partial charge in [0.15, 0.2) is 11.0 Å². The summed E-state index contributed by atoms with van der Waals surface area (Å²) in [5.41, 5.74) is 3.96. The van der Waals surface area contributed by atoms with Crippen molar-refractivity contribution in [2.24, 2.45) is 0 Å². The molecule has 0 radical (unpaired) electrons. The third-order valence-corrected chi connectivity index (χ3v) is 3.87. The van der Waals surface area contributed by atoms with E-state index in [1.165, 1.54) is 22.4 Å². The SMILES string of the molecule is Cc1n(C(C)C)c2ccccc2[n+]1Cc1ccccc1. The van der Waals surface area contributed by atoms with Crippen LogP contribution in [0.5, 0.6) is 0 Å². The van der Waals surface area contributed by atoms with Crippen LogP contribution < -0.4 is 4.57 Å². The molecule has 1 heterocycles. The maximum absolute atomic E-state index is 2.41. The molecule has 0 amide bonds. The van der Waals surface area contributed by atoms with Gasteiger partial charge in [0.05, 0.1) is 6.04 Å². The van der Waals surface area contributed by atoms with Crippen LogP contribution in [0, 0.1) is 6.92 Å². The van der Waals surface area contributed by atoms with Crippen LogP contribution >= 0.6 is 0 Å². The first-order chi connectivity index (χ1) is 9.68. The van der Waals surface area contributed by atoms with Crippen molar-refractivity contribution < 1.29 is 4.57 Å². The van der Waals surface area contributed by atoms with Crippen LogP contribution in [-0.4, -0.2) is 4.57 Å². The van der Waals surface area contributed by atoms with Gasteiger partial charge in [0.1, 0.15) is 6.54 Å². The molecule has 2 aromatic carbocycles. The summed E-state index contributed by atoms with van der Waals surface area (Å²) in [4.78, 5) is 0. The Labute approximate surface area is 120 Å². The fourth-order valence-corrected chi connectivity index (χ4v) is 2.99. The number of hydrogen-bond donors (Lipinski definition) is 0. The number of benzene rings is 2. The molecule has 0 bridgehead atoms. The first-order valence-electron chi connectivity index (χ1n) is 7.22. The second kappa shape index (κ2) is 5.12. The minimum Gasteiger partial charge on any atom is -0.225 e. The molecule has 0 atom stereocenters. The van der Waals surface area contributed by atoms with E-state index in [0.717, 1.165) is 6.54 Å². The van der Waals surface area contributed by atoms with E-state index in [0.29, 0.717) is 6.04 Å². The van der Waals surface area contributed by atoms with Gasteiger partial charge in [-0.05, 0) is 31.5 Å². The van der Waals surface area contributed by atoms with Crippen molar-refractivity contribution in [3.05, 3.63) is 66.0 Å². The van der Waals surface area contributed by atoms with E-state index in [4.69, 9.17) is 0 Å². The molecule has 0 N–H and O–H groups in total. The lowest BCUT2D eigenvalue weighted by Gasteiger charge is -2.04. The minimum absolute atomic E-state index is 0.469. The Balaban J connectivity index is 2.18. The lowest BCUT2D eigenvalue weighted by molar-refractivity contribution is -0.669. The number of imidazole rings is 1. The summed E-state index contributed by atoms with van der Waals surface area (Å²) in [5.74, 6) is 1.31. The van der Waals surface area contributed by atoms with Crippen LogP contribution in [0.25, 0.3) is 11.0 Å². The van der Waals surface area contributed by atoms with Crippen molar-refractivity contribution >= 4 is 11.0 Å². The van der Waals surface area contributed by atoms with Crippen molar-refractivity contribution in [1.29, 1.82) is 0 Å². The summed E-state index contributed by atoms with van der Waals surface area (Å²) in [6.45, 7) is 7.62. The predicted octanol–water partition coefficient (Wildman–Crippen LogP) is 3.87. The van der Waals surface area contributed by atoms with Crippen molar-refractivity contribution in [1.82, 2.24) is 4.57 Å². The van der Waals surface area contributed by atoms with E-state index in [1.807, 2.05) is 0 Å². The molecule has 102 valence electrons. The Morgan fingerprint density at radius 3 is 2.30 bits per heavy atom. The average Bonchev–Trinajstić information content (AvgIpc) is 2.73. The zero-order valence-electron chi connectivity index (χ0n) is 12.4. The number of para-hydroxylation sites is 2. The van der Waals surface area contributed by atoms with Crippen molar-refractivity contribution in [3.63, 3.8) is 0 Å². The summed E-state index contributed by atoms with van der Waals surface area (Å²) in [6.07, 6.45) is 0. The second-order valence-electron chi connectivity index (χ2n) is 5.57. The van der Waals surface area contributed by atoms with Gasteiger partial charge in [-0.15, -0.1) is 0 Å². The highest BCUT2D eigenvalue weighted by molar-refractivity contribution is 5.72. The molecule has 0 aliphatic carbocycles. The van der Waals surface area contributed by atoms with Gasteiger partial charge < -0.3 is 0 Å². The molecule has 0 unspecified atom stereocenters. The van der Waals surface area contributed by atoms with E-state index < -0.39 is 0 Å². The zero-order valence-corrected chi connectivity index (χ0v) is 12.4. The molecule has 1 aromatic heterocycles. The van der Waals surface area contributed by atoms with E-state index in [9.17, 15) is 0 Å². The molecule has 0 saturated carbocycles. The number of rotatable bonds is 3. The van der Waals surface area contributed by atoms with Gasteiger partial charge in [0.25, 0.3) is 5.82 Å². The third-order valence-electron chi connectivity index (χ3n) is 3.87. The van der Waals surface area contributed by atoms with Gasteiger partial charge in [-0.2, -0.15) is 0 Å². The molecule has 2 heteroatoms. The first kappa shape index (κ1) is 12.9. The van der Waals surface area contributed by atoms with Crippen molar-refractivity contribution in [3.8, 4) is 0 Å². The first-order valence-corrected chi connectivity index (χ1v) is 7.22. The maximum atomic E-state index is 2.41. The second-order valence-corrected chi connectivity index (χ2v) is 5.57. The van der Waals surface area contributed by atoms with Gasteiger partial charge in [-0.25, -0.2) is 9.13 Å². The summed E-state index contributed by atoms with van der Waals surface area (Å²) in [7, 11) is 0. The van der Waals surface area contributed by atoms with E-state index in [1.54, 1.807) is 0 Å². The van der Waals surface area contributed by atoms with Crippen molar-refractivity contribution in [2.75, 3.05) is 0 Å². The largest absolute Gasteiger partial charge is 0.254 e. The Kier molecular flexibility index (Phi) is 3.31. The maximum Gasteiger partial charge on any atom is 0.254 e. The number of hydrogen-bond acceptors (Lipinski definition) is 0. The number of fused-ring (bicyclic) bond motifs is 1. The lowest BCUT2D eigenvalue weighted by Crippen LogP contribution is -2.37. The average molecular weight is 265 g/mol. The summed E-state index contributed by atoms with van der Waals surface area (Å²) < 4.78 is 4.82. The molecule has 0 aliphatic heterocycles. The quantitative estimate of drug-likeness (QED) is 0.636.